The van der Waals surface area contributed by atoms with E-state index in [1.165, 1.54) is 12.1 Å². The van der Waals surface area contributed by atoms with Crippen LogP contribution in [0.4, 0.5) is 5.69 Å². The Morgan fingerprint density at radius 1 is 0.947 bits per heavy atom. The van der Waals surface area contributed by atoms with Crippen LogP contribution in [0.5, 0.6) is 11.5 Å². The average molecular weight is 515 g/mol. The first kappa shape index (κ1) is 25.4. The highest BCUT2D eigenvalue weighted by molar-refractivity contribution is 6.03. The van der Waals surface area contributed by atoms with E-state index in [1.807, 2.05) is 35.2 Å². The number of ketones is 1. The Morgan fingerprint density at radius 3 is 2.11 bits per heavy atom. The summed E-state index contributed by atoms with van der Waals surface area (Å²) in [5.41, 5.74) is 4.17. The number of carbonyl (C=O) groups excluding carboxylic acids is 2. The molecule has 1 aliphatic heterocycles. The number of ether oxygens (including phenoxy) is 2. The van der Waals surface area contributed by atoms with Crippen LogP contribution in [-0.2, 0) is 6.42 Å². The van der Waals surface area contributed by atoms with Gasteiger partial charge in [0.2, 0.25) is 0 Å². The second-order valence-electron chi connectivity index (χ2n) is 9.98. The Bertz CT molecular complexity index is 1360. The van der Waals surface area contributed by atoms with E-state index in [-0.39, 0.29) is 23.3 Å². The van der Waals surface area contributed by atoms with Crippen LogP contribution >= 0.6 is 0 Å². The Morgan fingerprint density at radius 2 is 1.53 bits per heavy atom. The molecule has 3 aromatic carbocycles. The molecule has 1 unspecified atom stereocenters. The molecule has 0 spiro atoms. The minimum absolute atomic E-state index is 0.00207. The molecule has 1 atom stereocenters. The average Bonchev–Trinajstić information content (AvgIpc) is 3.26. The normalized spacial score (nSPS) is 17.3. The van der Waals surface area contributed by atoms with Gasteiger partial charge < -0.3 is 14.4 Å². The van der Waals surface area contributed by atoms with Crippen molar-refractivity contribution in [1.82, 2.24) is 4.90 Å². The molecule has 0 N–H and O–H groups in total. The maximum absolute atomic E-state index is 13.1. The molecule has 2 aliphatic rings. The highest BCUT2D eigenvalue weighted by atomic mass is 16.6. The van der Waals surface area contributed by atoms with Crippen LogP contribution in [0.25, 0.3) is 11.1 Å². The molecule has 1 fully saturated rings. The fourth-order valence-corrected chi connectivity index (χ4v) is 5.63. The summed E-state index contributed by atoms with van der Waals surface area (Å²) in [6.07, 6.45) is 3.29. The van der Waals surface area contributed by atoms with Gasteiger partial charge in [-0.3, -0.25) is 19.7 Å². The van der Waals surface area contributed by atoms with E-state index >= 15 is 0 Å². The third-order valence-corrected chi connectivity index (χ3v) is 7.77. The van der Waals surface area contributed by atoms with E-state index in [1.54, 1.807) is 32.4 Å². The molecular formula is C30H30N2O6. The number of methoxy groups -OCH3 is 2. The van der Waals surface area contributed by atoms with Crippen molar-refractivity contribution < 1.29 is 24.0 Å². The predicted octanol–water partition coefficient (Wildman–Crippen LogP) is 5.58. The van der Waals surface area contributed by atoms with Crippen molar-refractivity contribution in [3.63, 3.8) is 0 Å². The first-order valence-corrected chi connectivity index (χ1v) is 12.8. The van der Waals surface area contributed by atoms with E-state index < -0.39 is 4.92 Å². The van der Waals surface area contributed by atoms with Crippen molar-refractivity contribution in [2.75, 3.05) is 27.3 Å². The highest BCUT2D eigenvalue weighted by Gasteiger charge is 2.35. The summed E-state index contributed by atoms with van der Waals surface area (Å²) in [7, 11) is 3.17. The topological polar surface area (TPSA) is 99.0 Å². The summed E-state index contributed by atoms with van der Waals surface area (Å²) >= 11 is 0. The Labute approximate surface area is 221 Å². The number of rotatable bonds is 7. The van der Waals surface area contributed by atoms with Gasteiger partial charge in [-0.05, 0) is 84.7 Å². The molecule has 196 valence electrons. The van der Waals surface area contributed by atoms with Gasteiger partial charge in [0.1, 0.15) is 0 Å². The van der Waals surface area contributed by atoms with Gasteiger partial charge in [0.25, 0.3) is 11.6 Å². The number of fused-ring (bicyclic) bond motifs is 1. The van der Waals surface area contributed by atoms with Gasteiger partial charge in [0.15, 0.2) is 17.3 Å². The standard InChI is InChI=1S/C30H30N2O6/c1-37-27-17-23-16-24(29(33)26(23)18-28(27)38-2)15-19-11-13-31(14-12-19)30(34)22-5-3-20(4-6-22)21-7-9-25(10-8-21)32(35)36/h3-10,17-19,24H,11-16H2,1-2H3. The zero-order chi connectivity index (χ0) is 26.8. The lowest BCUT2D eigenvalue weighted by molar-refractivity contribution is -0.384. The summed E-state index contributed by atoms with van der Waals surface area (Å²) in [4.78, 5) is 38.5. The van der Waals surface area contributed by atoms with Gasteiger partial charge in [0.05, 0.1) is 19.1 Å². The number of nitro benzene ring substituents is 1. The van der Waals surface area contributed by atoms with Crippen LogP contribution in [0, 0.1) is 22.0 Å². The zero-order valence-electron chi connectivity index (χ0n) is 21.5. The Hall–Kier alpha value is -4.20. The predicted molar refractivity (Wildman–Crippen MR) is 143 cm³/mol. The first-order chi connectivity index (χ1) is 18.4. The highest BCUT2D eigenvalue weighted by Crippen LogP contribution is 2.39. The van der Waals surface area contributed by atoms with Gasteiger partial charge in [-0.2, -0.15) is 0 Å². The number of amides is 1. The minimum atomic E-state index is -0.422. The molecule has 0 bridgehead atoms. The molecule has 1 aliphatic carbocycles. The summed E-state index contributed by atoms with van der Waals surface area (Å²) in [5.74, 6) is 1.76. The van der Waals surface area contributed by atoms with Crippen LogP contribution in [0.15, 0.2) is 60.7 Å². The Balaban J connectivity index is 1.16. The fourth-order valence-electron chi connectivity index (χ4n) is 5.63. The third kappa shape index (κ3) is 4.98. The molecule has 8 nitrogen and oxygen atoms in total. The van der Waals surface area contributed by atoms with Crippen LogP contribution in [0.2, 0.25) is 0 Å². The number of carbonyl (C=O) groups is 2. The fraction of sp³-hybridized carbons (Fsp3) is 0.333. The van der Waals surface area contributed by atoms with Crippen molar-refractivity contribution in [2.45, 2.75) is 25.7 Å². The number of likely N-dealkylation sites (tertiary alicyclic amines) is 1. The minimum Gasteiger partial charge on any atom is -0.493 e. The lowest BCUT2D eigenvalue weighted by Crippen LogP contribution is -2.39. The van der Waals surface area contributed by atoms with Crippen molar-refractivity contribution in [2.24, 2.45) is 11.8 Å². The zero-order valence-corrected chi connectivity index (χ0v) is 21.5. The summed E-state index contributed by atoms with van der Waals surface area (Å²) in [6.45, 7) is 1.34. The van der Waals surface area contributed by atoms with Crippen LogP contribution < -0.4 is 9.47 Å². The molecule has 8 heteroatoms. The van der Waals surface area contributed by atoms with Crippen LogP contribution in [-0.4, -0.2) is 48.8 Å². The molecule has 1 amide bonds. The van der Waals surface area contributed by atoms with E-state index in [2.05, 4.69) is 0 Å². The van der Waals surface area contributed by atoms with Gasteiger partial charge in [0, 0.05) is 42.3 Å². The number of nitrogens with zero attached hydrogens (tertiary/aromatic N) is 2. The number of nitro groups is 1. The monoisotopic (exact) mass is 514 g/mol. The van der Waals surface area contributed by atoms with E-state index in [0.717, 1.165) is 47.9 Å². The van der Waals surface area contributed by atoms with Gasteiger partial charge in [-0.25, -0.2) is 0 Å². The van der Waals surface area contributed by atoms with Crippen molar-refractivity contribution in [3.05, 3.63) is 87.5 Å². The van der Waals surface area contributed by atoms with Gasteiger partial charge in [-0.1, -0.05) is 12.1 Å². The van der Waals surface area contributed by atoms with E-state index in [0.29, 0.717) is 36.1 Å². The maximum Gasteiger partial charge on any atom is 0.269 e. The summed E-state index contributed by atoms with van der Waals surface area (Å²) in [6, 6.07) is 17.4. The number of Topliss-reactive ketones (excluding diaryl/α,β-unsaturated/α-hetero) is 1. The molecule has 5 rings (SSSR count). The summed E-state index contributed by atoms with van der Waals surface area (Å²) in [5, 5.41) is 10.9. The number of piperidine rings is 1. The largest absolute Gasteiger partial charge is 0.493 e. The van der Waals surface area contributed by atoms with Crippen molar-refractivity contribution >= 4 is 17.4 Å². The number of benzene rings is 3. The molecule has 0 aromatic heterocycles. The van der Waals surface area contributed by atoms with Crippen molar-refractivity contribution in [1.29, 1.82) is 0 Å². The third-order valence-electron chi connectivity index (χ3n) is 7.77. The summed E-state index contributed by atoms with van der Waals surface area (Å²) < 4.78 is 10.8. The maximum atomic E-state index is 13.1. The molecular weight excluding hydrogens is 484 g/mol. The molecule has 1 saturated heterocycles. The molecule has 1 heterocycles. The first-order valence-electron chi connectivity index (χ1n) is 12.8. The van der Waals surface area contributed by atoms with Crippen LogP contribution in [0.1, 0.15) is 45.5 Å². The van der Waals surface area contributed by atoms with Gasteiger partial charge >= 0.3 is 0 Å². The lowest BCUT2D eigenvalue weighted by atomic mass is 9.85. The Kier molecular flexibility index (Phi) is 7.13. The second kappa shape index (κ2) is 10.7. The number of non-ortho nitro benzene ring substituents is 1. The molecule has 0 radical (unpaired) electrons. The van der Waals surface area contributed by atoms with E-state index in [9.17, 15) is 19.7 Å². The lowest BCUT2D eigenvalue weighted by Gasteiger charge is -2.33. The quantitative estimate of drug-likeness (QED) is 0.302. The van der Waals surface area contributed by atoms with E-state index in [4.69, 9.17) is 9.47 Å². The number of hydrogen-bond acceptors (Lipinski definition) is 6. The molecule has 0 saturated carbocycles. The second-order valence-corrected chi connectivity index (χ2v) is 9.98. The van der Waals surface area contributed by atoms with Gasteiger partial charge in [-0.15, -0.1) is 0 Å². The van der Waals surface area contributed by atoms with Crippen LogP contribution in [0.3, 0.4) is 0 Å². The number of hydrogen-bond donors (Lipinski definition) is 0. The van der Waals surface area contributed by atoms with Crippen molar-refractivity contribution in [3.8, 4) is 22.6 Å². The smallest absolute Gasteiger partial charge is 0.269 e. The SMILES string of the molecule is COc1cc2c(cc1OC)C(=O)C(CC1CCN(C(=O)c3ccc(-c4ccc([N+](=O)[O-])cc4)cc3)CC1)C2. The molecule has 3 aromatic rings. The molecule has 38 heavy (non-hydrogen) atoms.